The standard InChI is InChI=1S/C29H36Cl2N2O3S/c1-5-16-29(4)18-25(21-8-7-9-23(31)17-21)27(20-10-12-22(30)13-11-20)33(28(29)34)26(6-2)19(3)32-37(35,36)24-14-15-24/h5,7-13,17,19,24-27,32H,1,6,14-16,18H2,2-4H3/t19-,25+,26-,27+,29-/m0/s1. The van der Waals surface area contributed by atoms with Crippen molar-refractivity contribution in [3.63, 3.8) is 0 Å². The van der Waals surface area contributed by atoms with Crippen LogP contribution in [0.15, 0.2) is 61.2 Å². The van der Waals surface area contributed by atoms with Crippen LogP contribution in [0, 0.1) is 5.41 Å². The van der Waals surface area contributed by atoms with E-state index in [1.54, 1.807) is 6.08 Å². The van der Waals surface area contributed by atoms with Crippen LogP contribution in [0.1, 0.15) is 76.0 Å². The topological polar surface area (TPSA) is 66.5 Å². The van der Waals surface area contributed by atoms with E-state index in [0.29, 0.717) is 42.1 Å². The molecule has 0 unspecified atom stereocenters. The number of nitrogens with one attached hydrogen (secondary N) is 1. The molecule has 0 aromatic heterocycles. The van der Waals surface area contributed by atoms with E-state index in [2.05, 4.69) is 17.4 Å². The summed E-state index contributed by atoms with van der Waals surface area (Å²) in [5.41, 5.74) is 1.31. The summed E-state index contributed by atoms with van der Waals surface area (Å²) < 4.78 is 28.7. The summed E-state index contributed by atoms with van der Waals surface area (Å²) in [6.45, 7) is 9.80. The van der Waals surface area contributed by atoms with Crippen LogP contribution in [0.3, 0.4) is 0 Å². The number of piperidine rings is 1. The fourth-order valence-electron chi connectivity index (χ4n) is 5.86. The van der Waals surface area contributed by atoms with Crippen LogP contribution in [-0.2, 0) is 14.8 Å². The van der Waals surface area contributed by atoms with Crippen molar-refractivity contribution in [2.75, 3.05) is 0 Å². The Balaban J connectivity index is 1.86. The third-order valence-electron chi connectivity index (χ3n) is 7.85. The molecule has 0 radical (unpaired) electrons. The number of carbonyl (C=O) groups excluding carboxylic acids is 1. The minimum atomic E-state index is -3.43. The van der Waals surface area contributed by atoms with Gasteiger partial charge in [0.05, 0.1) is 16.7 Å². The summed E-state index contributed by atoms with van der Waals surface area (Å²) in [5.74, 6) is -0.0567. The average molecular weight is 564 g/mol. The van der Waals surface area contributed by atoms with Crippen molar-refractivity contribution in [3.05, 3.63) is 82.4 Å². The molecule has 8 heteroatoms. The van der Waals surface area contributed by atoms with Crippen LogP contribution in [0.2, 0.25) is 10.0 Å². The highest BCUT2D eigenvalue weighted by atomic mass is 35.5. The second kappa shape index (κ2) is 11.1. The summed E-state index contributed by atoms with van der Waals surface area (Å²) in [6.07, 6.45) is 4.89. The molecule has 1 aliphatic heterocycles. The van der Waals surface area contributed by atoms with E-state index in [-0.39, 0.29) is 29.2 Å². The van der Waals surface area contributed by atoms with Crippen LogP contribution in [-0.4, -0.2) is 36.6 Å². The van der Waals surface area contributed by atoms with Gasteiger partial charge in [0.25, 0.3) is 0 Å². The lowest BCUT2D eigenvalue weighted by atomic mass is 9.67. The minimum absolute atomic E-state index is 0.00921. The number of carbonyl (C=O) groups is 1. The van der Waals surface area contributed by atoms with Gasteiger partial charge in [0.15, 0.2) is 0 Å². The second-order valence-electron chi connectivity index (χ2n) is 10.8. The van der Waals surface area contributed by atoms with Crippen LogP contribution >= 0.6 is 23.2 Å². The van der Waals surface area contributed by atoms with Crippen molar-refractivity contribution in [2.45, 2.75) is 82.2 Å². The van der Waals surface area contributed by atoms with Crippen molar-refractivity contribution < 1.29 is 13.2 Å². The molecule has 0 spiro atoms. The van der Waals surface area contributed by atoms with E-state index in [0.717, 1.165) is 11.1 Å². The zero-order valence-corrected chi connectivity index (χ0v) is 24.0. The first-order valence-electron chi connectivity index (χ1n) is 13.0. The number of halogens is 2. The number of nitrogens with zero attached hydrogens (tertiary/aromatic N) is 1. The van der Waals surface area contributed by atoms with Gasteiger partial charge in [-0.1, -0.05) is 67.4 Å². The predicted molar refractivity (Wildman–Crippen MR) is 151 cm³/mol. The molecule has 0 bridgehead atoms. The Labute approximate surface area is 231 Å². The quantitative estimate of drug-likeness (QED) is 0.321. The average Bonchev–Trinajstić information content (AvgIpc) is 3.69. The molecule has 200 valence electrons. The molecular weight excluding hydrogens is 527 g/mol. The zero-order valence-electron chi connectivity index (χ0n) is 21.7. The Bertz CT molecular complexity index is 1250. The van der Waals surface area contributed by atoms with E-state index >= 15 is 0 Å². The SMILES string of the molecule is C=CC[C@@]1(C)C[C@H](c2cccc(Cl)c2)[C@@H](c2ccc(Cl)cc2)N([C@@H](CC)[C@H](C)NS(=O)(=O)C2CC2)C1=O. The molecule has 1 saturated carbocycles. The van der Waals surface area contributed by atoms with Gasteiger partial charge in [0.1, 0.15) is 0 Å². The lowest BCUT2D eigenvalue weighted by molar-refractivity contribution is -0.155. The number of benzene rings is 2. The molecule has 2 aliphatic rings. The highest BCUT2D eigenvalue weighted by molar-refractivity contribution is 7.90. The third-order valence-corrected chi connectivity index (χ3v) is 10.4. The molecule has 2 fully saturated rings. The van der Waals surface area contributed by atoms with Gasteiger partial charge in [-0.25, -0.2) is 13.1 Å². The lowest BCUT2D eigenvalue weighted by Gasteiger charge is -2.53. The summed E-state index contributed by atoms with van der Waals surface area (Å²) >= 11 is 12.7. The Morgan fingerprint density at radius 2 is 1.81 bits per heavy atom. The molecule has 2 aromatic carbocycles. The number of hydrogen-bond donors (Lipinski definition) is 1. The highest BCUT2D eigenvalue weighted by Crippen LogP contribution is 2.52. The van der Waals surface area contributed by atoms with E-state index < -0.39 is 21.5 Å². The Morgan fingerprint density at radius 1 is 1.14 bits per heavy atom. The molecule has 1 saturated heterocycles. The van der Waals surface area contributed by atoms with Crippen molar-refractivity contribution in [2.24, 2.45) is 5.41 Å². The number of rotatable bonds is 10. The van der Waals surface area contributed by atoms with Gasteiger partial charge in [-0.05, 0) is 74.4 Å². The van der Waals surface area contributed by atoms with Crippen LogP contribution in [0.4, 0.5) is 0 Å². The van der Waals surface area contributed by atoms with E-state index in [1.165, 1.54) is 0 Å². The largest absolute Gasteiger partial charge is 0.330 e. The fraction of sp³-hybridized carbons (Fsp3) is 0.483. The summed E-state index contributed by atoms with van der Waals surface area (Å²) in [4.78, 5) is 16.3. The van der Waals surface area contributed by atoms with Gasteiger partial charge in [-0.15, -0.1) is 6.58 Å². The van der Waals surface area contributed by atoms with Crippen LogP contribution < -0.4 is 4.72 Å². The Hall–Kier alpha value is -1.86. The van der Waals surface area contributed by atoms with Crippen molar-refractivity contribution >= 4 is 39.1 Å². The van der Waals surface area contributed by atoms with Crippen molar-refractivity contribution in [1.82, 2.24) is 9.62 Å². The van der Waals surface area contributed by atoms with Gasteiger partial charge < -0.3 is 4.90 Å². The minimum Gasteiger partial charge on any atom is -0.330 e. The maximum absolute atomic E-state index is 14.4. The summed E-state index contributed by atoms with van der Waals surface area (Å²) in [7, 11) is -3.43. The highest BCUT2D eigenvalue weighted by Gasteiger charge is 2.52. The number of hydrogen-bond acceptors (Lipinski definition) is 3. The Morgan fingerprint density at radius 3 is 2.38 bits per heavy atom. The molecule has 1 aliphatic carbocycles. The summed E-state index contributed by atoms with van der Waals surface area (Å²) in [6, 6.07) is 14.3. The first-order chi connectivity index (χ1) is 17.5. The number of likely N-dealkylation sites (tertiary alicyclic amines) is 1. The van der Waals surface area contributed by atoms with Gasteiger partial charge in [0.2, 0.25) is 15.9 Å². The zero-order chi connectivity index (χ0) is 27.0. The maximum Gasteiger partial charge on any atom is 0.229 e. The molecule has 2 aromatic rings. The molecule has 5 nitrogen and oxygen atoms in total. The fourth-order valence-corrected chi connectivity index (χ4v) is 7.81. The van der Waals surface area contributed by atoms with Gasteiger partial charge in [-0.2, -0.15) is 0 Å². The van der Waals surface area contributed by atoms with Gasteiger partial charge in [-0.3, -0.25) is 4.79 Å². The first-order valence-corrected chi connectivity index (χ1v) is 15.3. The van der Waals surface area contributed by atoms with Crippen LogP contribution in [0.5, 0.6) is 0 Å². The van der Waals surface area contributed by atoms with E-state index in [9.17, 15) is 13.2 Å². The molecule has 1 N–H and O–H groups in total. The smallest absolute Gasteiger partial charge is 0.229 e. The maximum atomic E-state index is 14.4. The van der Waals surface area contributed by atoms with Gasteiger partial charge in [0, 0.05) is 28.0 Å². The molecular formula is C29H36Cl2N2O3S. The molecule has 1 heterocycles. The molecule has 1 amide bonds. The lowest BCUT2D eigenvalue weighted by Crippen LogP contribution is -2.60. The number of allylic oxidation sites excluding steroid dienone is 1. The number of amides is 1. The van der Waals surface area contributed by atoms with Crippen LogP contribution in [0.25, 0.3) is 0 Å². The second-order valence-corrected chi connectivity index (χ2v) is 13.6. The first kappa shape index (κ1) is 28.2. The molecule has 37 heavy (non-hydrogen) atoms. The molecule has 5 atom stereocenters. The number of sulfonamides is 1. The molecule has 4 rings (SSSR count). The summed E-state index contributed by atoms with van der Waals surface area (Å²) in [5, 5.41) is 0.923. The van der Waals surface area contributed by atoms with Crippen molar-refractivity contribution in [3.8, 4) is 0 Å². The predicted octanol–water partition coefficient (Wildman–Crippen LogP) is 6.88. The van der Waals surface area contributed by atoms with Gasteiger partial charge >= 0.3 is 0 Å². The Kier molecular flexibility index (Phi) is 8.44. The normalized spacial score (nSPS) is 26.1. The van der Waals surface area contributed by atoms with E-state index in [1.807, 2.05) is 68.1 Å². The monoisotopic (exact) mass is 562 g/mol. The van der Waals surface area contributed by atoms with Crippen molar-refractivity contribution in [1.29, 1.82) is 0 Å². The third kappa shape index (κ3) is 5.93. The van der Waals surface area contributed by atoms with E-state index in [4.69, 9.17) is 23.2 Å².